The van der Waals surface area contributed by atoms with Crippen molar-refractivity contribution in [2.75, 3.05) is 26.2 Å². The fourth-order valence-electron chi connectivity index (χ4n) is 4.34. The van der Waals surface area contributed by atoms with E-state index >= 15 is 0 Å². The molecule has 1 aromatic carbocycles. The molecular weight excluding hydrogens is 298 g/mol. The molecule has 2 fully saturated rings. The first-order valence-electron chi connectivity index (χ1n) is 8.94. The predicted octanol–water partition coefficient (Wildman–Crippen LogP) is 3.07. The van der Waals surface area contributed by atoms with Crippen LogP contribution < -0.4 is 5.32 Å². The number of fused-ring (bicyclic) bond motifs is 1. The number of aromatic nitrogens is 1. The Balaban J connectivity index is 1.71. The van der Waals surface area contributed by atoms with Gasteiger partial charge in [-0.05, 0) is 57.9 Å². The number of amides is 1. The summed E-state index contributed by atoms with van der Waals surface area (Å²) in [6.07, 6.45) is 3.53. The highest BCUT2D eigenvalue weighted by Gasteiger charge is 2.39. The predicted molar refractivity (Wildman–Crippen MR) is 96.3 cm³/mol. The lowest BCUT2D eigenvalue weighted by Gasteiger charge is -2.40. The van der Waals surface area contributed by atoms with Gasteiger partial charge in [-0.1, -0.05) is 11.6 Å². The van der Waals surface area contributed by atoms with Crippen LogP contribution in [0.4, 0.5) is 0 Å². The molecule has 2 saturated heterocycles. The van der Waals surface area contributed by atoms with E-state index < -0.39 is 0 Å². The lowest BCUT2D eigenvalue weighted by atomic mass is 9.79. The van der Waals surface area contributed by atoms with Crippen LogP contribution in [0.3, 0.4) is 0 Å². The summed E-state index contributed by atoms with van der Waals surface area (Å²) < 4.78 is 0. The van der Waals surface area contributed by atoms with Crippen LogP contribution in [0.2, 0.25) is 0 Å². The van der Waals surface area contributed by atoms with Gasteiger partial charge in [0.05, 0.1) is 11.1 Å². The first-order chi connectivity index (χ1) is 11.6. The molecule has 2 aromatic rings. The number of nitrogens with zero attached hydrogens (tertiary/aromatic N) is 2. The molecule has 24 heavy (non-hydrogen) atoms. The van der Waals surface area contributed by atoms with Gasteiger partial charge in [0.1, 0.15) is 0 Å². The third-order valence-corrected chi connectivity index (χ3v) is 5.60. The summed E-state index contributed by atoms with van der Waals surface area (Å²) in [6.45, 7) is 7.91. The van der Waals surface area contributed by atoms with Crippen LogP contribution in [0, 0.1) is 19.3 Å². The minimum atomic E-state index is 0.169. The number of hydrogen-bond donors (Lipinski definition) is 1. The maximum absolute atomic E-state index is 13.3. The molecule has 1 atom stereocenters. The fourth-order valence-corrected chi connectivity index (χ4v) is 4.34. The third kappa shape index (κ3) is 2.69. The van der Waals surface area contributed by atoms with Crippen LogP contribution in [-0.2, 0) is 0 Å². The molecule has 1 spiro atoms. The van der Waals surface area contributed by atoms with Gasteiger partial charge in [-0.15, -0.1) is 0 Å². The van der Waals surface area contributed by atoms with Crippen molar-refractivity contribution in [3.8, 4) is 0 Å². The molecule has 0 radical (unpaired) electrons. The van der Waals surface area contributed by atoms with Crippen LogP contribution >= 0.6 is 0 Å². The molecule has 1 amide bonds. The van der Waals surface area contributed by atoms with Crippen molar-refractivity contribution in [3.05, 3.63) is 41.1 Å². The number of hydrogen-bond acceptors (Lipinski definition) is 3. The molecule has 0 aliphatic carbocycles. The summed E-state index contributed by atoms with van der Waals surface area (Å²) in [5.41, 5.74) is 4.09. The van der Waals surface area contributed by atoms with E-state index in [1.807, 2.05) is 19.1 Å². The number of carbonyl (C=O) groups excluding carboxylic acids is 1. The van der Waals surface area contributed by atoms with Gasteiger partial charge in [0, 0.05) is 36.1 Å². The fraction of sp³-hybridized carbons (Fsp3) is 0.500. The minimum absolute atomic E-state index is 0.169. The van der Waals surface area contributed by atoms with Crippen molar-refractivity contribution >= 4 is 16.8 Å². The van der Waals surface area contributed by atoms with E-state index in [0.29, 0.717) is 5.41 Å². The van der Waals surface area contributed by atoms with Gasteiger partial charge in [0.25, 0.3) is 5.91 Å². The van der Waals surface area contributed by atoms with Crippen molar-refractivity contribution < 1.29 is 4.79 Å². The topological polar surface area (TPSA) is 45.2 Å². The smallest absolute Gasteiger partial charge is 0.254 e. The van der Waals surface area contributed by atoms with Gasteiger partial charge in [-0.3, -0.25) is 9.78 Å². The SMILES string of the molecule is Cc1ccc2nc(C)cc(C(=O)N3CCCC4(CCNC4)C3)c2c1. The molecule has 2 aliphatic heterocycles. The second-order valence-electron chi connectivity index (χ2n) is 7.59. The van der Waals surface area contributed by atoms with E-state index in [4.69, 9.17) is 0 Å². The highest BCUT2D eigenvalue weighted by Crippen LogP contribution is 2.36. The largest absolute Gasteiger partial charge is 0.338 e. The molecule has 4 heteroatoms. The average Bonchev–Trinajstić information content (AvgIpc) is 3.01. The molecule has 4 rings (SSSR count). The highest BCUT2D eigenvalue weighted by molar-refractivity contribution is 6.06. The second-order valence-corrected chi connectivity index (χ2v) is 7.59. The molecule has 4 nitrogen and oxygen atoms in total. The maximum atomic E-state index is 13.3. The van der Waals surface area contributed by atoms with E-state index in [9.17, 15) is 4.79 Å². The van der Waals surface area contributed by atoms with Gasteiger partial charge in [-0.2, -0.15) is 0 Å². The van der Waals surface area contributed by atoms with Crippen LogP contribution in [0.25, 0.3) is 10.9 Å². The zero-order valence-electron chi connectivity index (χ0n) is 14.6. The standard InChI is InChI=1S/C20H25N3O/c1-14-4-5-18-16(10-14)17(11-15(2)22-18)19(24)23-9-3-6-20(13-23)7-8-21-12-20/h4-5,10-11,21H,3,6-9,12-13H2,1-2H3. The van der Waals surface area contributed by atoms with Gasteiger partial charge in [0.15, 0.2) is 0 Å². The van der Waals surface area contributed by atoms with Gasteiger partial charge < -0.3 is 10.2 Å². The molecular formula is C20H25N3O. The Hall–Kier alpha value is -1.94. The number of rotatable bonds is 1. The van der Waals surface area contributed by atoms with E-state index in [2.05, 4.69) is 34.3 Å². The molecule has 1 aromatic heterocycles. The number of pyridine rings is 1. The monoisotopic (exact) mass is 323 g/mol. The number of carbonyl (C=O) groups is 1. The summed E-state index contributed by atoms with van der Waals surface area (Å²) in [7, 11) is 0. The van der Waals surface area contributed by atoms with Crippen LogP contribution in [0.1, 0.15) is 40.9 Å². The molecule has 1 N–H and O–H groups in total. The molecule has 2 aliphatic rings. The maximum Gasteiger partial charge on any atom is 0.254 e. The zero-order chi connectivity index (χ0) is 16.7. The van der Waals surface area contributed by atoms with E-state index in [0.717, 1.165) is 60.3 Å². The van der Waals surface area contributed by atoms with E-state index in [-0.39, 0.29) is 5.91 Å². The van der Waals surface area contributed by atoms with Crippen LogP contribution in [0.15, 0.2) is 24.3 Å². The Morgan fingerprint density at radius 1 is 1.25 bits per heavy atom. The molecule has 0 bridgehead atoms. The Labute approximate surface area is 143 Å². The summed E-state index contributed by atoms with van der Waals surface area (Å²) in [6, 6.07) is 8.13. The summed E-state index contributed by atoms with van der Waals surface area (Å²) in [5, 5.41) is 4.46. The lowest BCUT2D eigenvalue weighted by molar-refractivity contribution is 0.0555. The molecule has 3 heterocycles. The summed E-state index contributed by atoms with van der Waals surface area (Å²) in [4.78, 5) is 20.0. The number of aryl methyl sites for hydroxylation is 2. The zero-order valence-corrected chi connectivity index (χ0v) is 14.6. The van der Waals surface area contributed by atoms with E-state index in [1.165, 1.54) is 12.8 Å². The van der Waals surface area contributed by atoms with Gasteiger partial charge in [0.2, 0.25) is 0 Å². The van der Waals surface area contributed by atoms with Gasteiger partial charge >= 0.3 is 0 Å². The Bertz CT molecular complexity index is 793. The first kappa shape index (κ1) is 15.6. The molecule has 1 unspecified atom stereocenters. The summed E-state index contributed by atoms with van der Waals surface area (Å²) in [5.74, 6) is 0.169. The Morgan fingerprint density at radius 3 is 2.92 bits per heavy atom. The van der Waals surface area contributed by atoms with Crippen LogP contribution in [-0.4, -0.2) is 42.0 Å². The van der Waals surface area contributed by atoms with Crippen molar-refractivity contribution in [2.24, 2.45) is 5.41 Å². The minimum Gasteiger partial charge on any atom is -0.338 e. The van der Waals surface area contributed by atoms with Crippen molar-refractivity contribution in [1.29, 1.82) is 0 Å². The first-order valence-corrected chi connectivity index (χ1v) is 8.94. The molecule has 0 saturated carbocycles. The van der Waals surface area contributed by atoms with Crippen molar-refractivity contribution in [3.63, 3.8) is 0 Å². The number of likely N-dealkylation sites (tertiary alicyclic amines) is 1. The highest BCUT2D eigenvalue weighted by atomic mass is 16.2. The Kier molecular flexibility index (Phi) is 3.80. The number of benzene rings is 1. The van der Waals surface area contributed by atoms with Gasteiger partial charge in [-0.25, -0.2) is 0 Å². The lowest BCUT2D eigenvalue weighted by Crippen LogP contribution is -2.47. The van der Waals surface area contributed by atoms with Crippen LogP contribution in [0.5, 0.6) is 0 Å². The second kappa shape index (κ2) is 5.85. The van der Waals surface area contributed by atoms with Crippen molar-refractivity contribution in [2.45, 2.75) is 33.1 Å². The number of piperidine rings is 1. The average molecular weight is 323 g/mol. The quantitative estimate of drug-likeness (QED) is 0.877. The molecule has 126 valence electrons. The number of nitrogens with one attached hydrogen (secondary N) is 1. The summed E-state index contributed by atoms with van der Waals surface area (Å²) >= 11 is 0. The van der Waals surface area contributed by atoms with Crippen molar-refractivity contribution in [1.82, 2.24) is 15.2 Å². The van der Waals surface area contributed by atoms with E-state index in [1.54, 1.807) is 0 Å². The third-order valence-electron chi connectivity index (χ3n) is 5.60. The Morgan fingerprint density at radius 2 is 2.12 bits per heavy atom. The normalized spacial score (nSPS) is 24.0.